The van der Waals surface area contributed by atoms with Gasteiger partial charge in [-0.1, -0.05) is 25.1 Å². The molecule has 1 unspecified atom stereocenters. The average Bonchev–Trinajstić information content (AvgIpc) is 2.44. The third-order valence-corrected chi connectivity index (χ3v) is 3.66. The minimum atomic E-state index is -0.334. The van der Waals surface area contributed by atoms with E-state index in [4.69, 9.17) is 4.74 Å². The Morgan fingerprint density at radius 1 is 1.25 bits per heavy atom. The Morgan fingerprint density at radius 2 is 2.00 bits per heavy atom. The second kappa shape index (κ2) is 6.86. The van der Waals surface area contributed by atoms with E-state index in [-0.39, 0.29) is 11.9 Å². The number of ether oxygens (including phenoxy) is 1. The molecule has 2 rings (SSSR count). The molecule has 0 aromatic heterocycles. The lowest BCUT2D eigenvalue weighted by atomic mass is 10.1. The van der Waals surface area contributed by atoms with Gasteiger partial charge in [0.05, 0.1) is 4.47 Å². The molecule has 0 spiro atoms. The Balaban J connectivity index is 2.26. The van der Waals surface area contributed by atoms with Crippen LogP contribution in [-0.2, 0) is 0 Å². The highest BCUT2D eigenvalue weighted by Crippen LogP contribution is 2.31. The number of benzene rings is 2. The van der Waals surface area contributed by atoms with Crippen LogP contribution in [0.1, 0.15) is 25.5 Å². The van der Waals surface area contributed by atoms with E-state index in [9.17, 15) is 4.39 Å². The number of nitrogens with one attached hydrogen (secondary N) is 1. The van der Waals surface area contributed by atoms with Gasteiger partial charge >= 0.3 is 0 Å². The smallest absolute Gasteiger partial charge is 0.141 e. The first kappa shape index (κ1) is 15.0. The van der Waals surface area contributed by atoms with Crippen LogP contribution in [-0.4, -0.2) is 6.54 Å². The Kier molecular flexibility index (Phi) is 5.15. The van der Waals surface area contributed by atoms with Crippen molar-refractivity contribution in [1.29, 1.82) is 0 Å². The molecule has 106 valence electrons. The van der Waals surface area contributed by atoms with Crippen LogP contribution >= 0.6 is 15.9 Å². The zero-order valence-corrected chi connectivity index (χ0v) is 13.1. The lowest BCUT2D eigenvalue weighted by Crippen LogP contribution is -2.18. The Hall–Kier alpha value is -1.39. The molecule has 2 aromatic rings. The van der Waals surface area contributed by atoms with Crippen LogP contribution in [0.5, 0.6) is 11.5 Å². The fourth-order valence-corrected chi connectivity index (χ4v) is 2.26. The topological polar surface area (TPSA) is 21.3 Å². The van der Waals surface area contributed by atoms with E-state index in [0.717, 1.165) is 17.9 Å². The fourth-order valence-electron chi connectivity index (χ4n) is 2.01. The average molecular weight is 338 g/mol. The maximum atomic E-state index is 13.5. The minimum absolute atomic E-state index is 0.177. The molecule has 4 heteroatoms. The van der Waals surface area contributed by atoms with Crippen LogP contribution in [0.15, 0.2) is 46.9 Å². The Morgan fingerprint density at radius 3 is 2.70 bits per heavy atom. The van der Waals surface area contributed by atoms with E-state index in [0.29, 0.717) is 10.2 Å². The largest absolute Gasteiger partial charge is 0.457 e. The second-order valence-electron chi connectivity index (χ2n) is 4.50. The molecule has 20 heavy (non-hydrogen) atoms. The third kappa shape index (κ3) is 3.58. The molecule has 0 fully saturated rings. The summed E-state index contributed by atoms with van der Waals surface area (Å²) in [4.78, 5) is 0. The molecule has 0 aliphatic carbocycles. The summed E-state index contributed by atoms with van der Waals surface area (Å²) >= 11 is 3.13. The number of hydrogen-bond donors (Lipinski definition) is 1. The maximum Gasteiger partial charge on any atom is 0.141 e. The predicted molar refractivity (Wildman–Crippen MR) is 82.7 cm³/mol. The number of rotatable bonds is 5. The summed E-state index contributed by atoms with van der Waals surface area (Å²) in [5, 5.41) is 3.35. The predicted octanol–water partition coefficient (Wildman–Crippen LogP) is 5.05. The van der Waals surface area contributed by atoms with Crippen molar-refractivity contribution in [3.05, 3.63) is 58.3 Å². The molecular weight excluding hydrogens is 321 g/mol. The molecule has 2 nitrogen and oxygen atoms in total. The molecule has 0 amide bonds. The highest BCUT2D eigenvalue weighted by atomic mass is 79.9. The summed E-state index contributed by atoms with van der Waals surface area (Å²) in [5.74, 6) is 0.893. The quantitative estimate of drug-likeness (QED) is 0.824. The third-order valence-electron chi connectivity index (χ3n) is 3.01. The van der Waals surface area contributed by atoms with Gasteiger partial charge in [0, 0.05) is 17.7 Å². The summed E-state index contributed by atoms with van der Waals surface area (Å²) in [6.45, 7) is 5.01. The second-order valence-corrected chi connectivity index (χ2v) is 5.35. The highest BCUT2D eigenvalue weighted by molar-refractivity contribution is 9.10. The number of para-hydroxylation sites is 1. The summed E-state index contributed by atoms with van der Waals surface area (Å²) in [6, 6.07) is 12.7. The standard InChI is InChI=1S/C16H17BrFNO/c1-3-19-11(2)13-6-4-5-7-16(13)20-12-8-9-14(17)15(18)10-12/h4-11,19H,3H2,1-2H3. The van der Waals surface area contributed by atoms with E-state index in [1.807, 2.05) is 24.3 Å². The normalized spacial score (nSPS) is 12.2. The molecule has 1 atom stereocenters. The number of hydrogen-bond acceptors (Lipinski definition) is 2. The van der Waals surface area contributed by atoms with E-state index >= 15 is 0 Å². The lowest BCUT2D eigenvalue weighted by Gasteiger charge is -2.17. The maximum absolute atomic E-state index is 13.5. The van der Waals surface area contributed by atoms with Gasteiger partial charge in [-0.15, -0.1) is 0 Å². The van der Waals surface area contributed by atoms with E-state index in [1.165, 1.54) is 6.07 Å². The first-order valence-corrected chi connectivity index (χ1v) is 7.36. The Labute approximate surface area is 127 Å². The molecule has 0 radical (unpaired) electrons. The van der Waals surface area contributed by atoms with Crippen molar-refractivity contribution in [1.82, 2.24) is 5.32 Å². The molecule has 0 saturated heterocycles. The van der Waals surface area contributed by atoms with Crippen molar-refractivity contribution >= 4 is 15.9 Å². The Bertz CT molecular complexity index is 588. The van der Waals surface area contributed by atoms with Crippen LogP contribution in [0.4, 0.5) is 4.39 Å². The molecule has 0 heterocycles. The van der Waals surface area contributed by atoms with Gasteiger partial charge < -0.3 is 10.1 Å². The minimum Gasteiger partial charge on any atom is -0.457 e. The van der Waals surface area contributed by atoms with Gasteiger partial charge in [-0.25, -0.2) is 4.39 Å². The first-order chi connectivity index (χ1) is 9.61. The fraction of sp³-hybridized carbons (Fsp3) is 0.250. The van der Waals surface area contributed by atoms with Crippen LogP contribution < -0.4 is 10.1 Å². The molecule has 0 aliphatic heterocycles. The molecule has 0 bridgehead atoms. The van der Waals surface area contributed by atoms with Crippen molar-refractivity contribution in [2.45, 2.75) is 19.9 Å². The van der Waals surface area contributed by atoms with E-state index < -0.39 is 0 Å². The lowest BCUT2D eigenvalue weighted by molar-refractivity contribution is 0.458. The van der Waals surface area contributed by atoms with Crippen LogP contribution in [0.25, 0.3) is 0 Å². The molecule has 1 N–H and O–H groups in total. The van der Waals surface area contributed by atoms with E-state index in [1.54, 1.807) is 12.1 Å². The van der Waals surface area contributed by atoms with Crippen LogP contribution in [0.2, 0.25) is 0 Å². The van der Waals surface area contributed by atoms with Gasteiger partial charge in [0.25, 0.3) is 0 Å². The SMILES string of the molecule is CCNC(C)c1ccccc1Oc1ccc(Br)c(F)c1. The van der Waals surface area contributed by atoms with Crippen molar-refractivity contribution in [3.8, 4) is 11.5 Å². The molecular formula is C16H17BrFNO. The summed E-state index contributed by atoms with van der Waals surface area (Å²) < 4.78 is 19.8. The van der Waals surface area contributed by atoms with Gasteiger partial charge in [-0.3, -0.25) is 0 Å². The van der Waals surface area contributed by atoms with Crippen molar-refractivity contribution in [3.63, 3.8) is 0 Å². The molecule has 0 aliphatic rings. The number of halogens is 2. The van der Waals surface area contributed by atoms with Crippen molar-refractivity contribution < 1.29 is 9.13 Å². The molecule has 2 aromatic carbocycles. The van der Waals surface area contributed by atoms with Gasteiger partial charge in [0.15, 0.2) is 0 Å². The summed E-state index contributed by atoms with van der Waals surface area (Å²) in [6.07, 6.45) is 0. The van der Waals surface area contributed by atoms with Crippen molar-refractivity contribution in [2.24, 2.45) is 0 Å². The van der Waals surface area contributed by atoms with Gasteiger partial charge in [0.2, 0.25) is 0 Å². The summed E-state index contributed by atoms with van der Waals surface area (Å²) in [7, 11) is 0. The van der Waals surface area contributed by atoms with Crippen LogP contribution in [0.3, 0.4) is 0 Å². The first-order valence-electron chi connectivity index (χ1n) is 6.57. The van der Waals surface area contributed by atoms with Gasteiger partial charge in [0.1, 0.15) is 17.3 Å². The highest BCUT2D eigenvalue weighted by Gasteiger charge is 2.11. The van der Waals surface area contributed by atoms with Crippen molar-refractivity contribution in [2.75, 3.05) is 6.54 Å². The zero-order chi connectivity index (χ0) is 14.5. The van der Waals surface area contributed by atoms with Gasteiger partial charge in [-0.05, 0) is 47.6 Å². The zero-order valence-electron chi connectivity index (χ0n) is 11.5. The monoisotopic (exact) mass is 337 g/mol. The van der Waals surface area contributed by atoms with E-state index in [2.05, 4.69) is 35.1 Å². The van der Waals surface area contributed by atoms with Crippen LogP contribution in [0, 0.1) is 5.82 Å². The van der Waals surface area contributed by atoms with Gasteiger partial charge in [-0.2, -0.15) is 0 Å². The molecule has 0 saturated carbocycles. The summed E-state index contributed by atoms with van der Waals surface area (Å²) in [5.41, 5.74) is 1.05.